The predicted molar refractivity (Wildman–Crippen MR) is 122 cm³/mol. The number of carbonyl (C=O) groups excluding carboxylic acids is 1. The Morgan fingerprint density at radius 1 is 1.31 bits per heavy atom. The highest BCUT2D eigenvalue weighted by atomic mass is 32.2. The summed E-state index contributed by atoms with van der Waals surface area (Å²) < 4.78 is 44.4. The lowest BCUT2D eigenvalue weighted by atomic mass is 9.93. The summed E-state index contributed by atoms with van der Waals surface area (Å²) in [5.41, 5.74) is 8.07. The number of urea groups is 1. The van der Waals surface area contributed by atoms with Gasteiger partial charge in [-0.15, -0.1) is 0 Å². The van der Waals surface area contributed by atoms with E-state index in [1.165, 1.54) is 23.0 Å². The van der Waals surface area contributed by atoms with Gasteiger partial charge >= 0.3 is 16.2 Å². The number of nitrogens with two attached hydrogens (primary N) is 1. The Balaban J connectivity index is 1.80. The number of nitrogens with one attached hydrogen (secondary N) is 1. The van der Waals surface area contributed by atoms with Crippen LogP contribution in [0.1, 0.15) is 41.9 Å². The molecule has 0 spiro atoms. The number of aromatic nitrogens is 4. The molecule has 2 aliphatic rings. The van der Waals surface area contributed by atoms with Gasteiger partial charge in [0.05, 0.1) is 41.1 Å². The molecule has 3 aromatic rings. The van der Waals surface area contributed by atoms with Crippen molar-refractivity contribution in [2.45, 2.75) is 32.2 Å². The molecule has 0 unspecified atom stereocenters. The minimum Gasteiger partial charge on any atom is -0.382 e. The van der Waals surface area contributed by atoms with Crippen LogP contribution in [0.15, 0.2) is 24.4 Å². The predicted octanol–water partition coefficient (Wildman–Crippen LogP) is 1.71. The van der Waals surface area contributed by atoms with E-state index in [0.29, 0.717) is 35.4 Å². The second kappa shape index (κ2) is 7.91. The Morgan fingerprint density at radius 2 is 2.09 bits per heavy atom. The van der Waals surface area contributed by atoms with E-state index in [2.05, 4.69) is 21.1 Å². The van der Waals surface area contributed by atoms with E-state index in [1.807, 2.05) is 11.6 Å². The molecule has 12 nitrogen and oxygen atoms in total. The van der Waals surface area contributed by atoms with Crippen LogP contribution in [0, 0.1) is 17.1 Å². The van der Waals surface area contributed by atoms with Gasteiger partial charge in [0.25, 0.3) is 0 Å². The third-order valence-electron chi connectivity index (χ3n) is 6.10. The number of anilines is 2. The van der Waals surface area contributed by atoms with Gasteiger partial charge in [-0.3, -0.25) is 4.68 Å². The molecule has 2 aliphatic heterocycles. The number of nitriles is 1. The molecule has 35 heavy (non-hydrogen) atoms. The molecule has 2 aromatic heterocycles. The number of amides is 2. The van der Waals surface area contributed by atoms with Gasteiger partial charge in [-0.05, 0) is 42.5 Å². The first kappa shape index (κ1) is 22.5. The van der Waals surface area contributed by atoms with Crippen LogP contribution in [0.2, 0.25) is 0 Å². The highest BCUT2D eigenvalue weighted by Gasteiger charge is 2.44. The lowest BCUT2D eigenvalue weighted by Gasteiger charge is -2.28. The van der Waals surface area contributed by atoms with E-state index in [1.54, 1.807) is 7.05 Å². The number of nitrogen functional groups attached to an aromatic ring is 1. The molecule has 1 atom stereocenters. The number of aryl methyl sites for hydroxylation is 2. The minimum atomic E-state index is -4.33. The molecule has 1 aromatic carbocycles. The van der Waals surface area contributed by atoms with Gasteiger partial charge in [0.1, 0.15) is 23.4 Å². The van der Waals surface area contributed by atoms with Crippen LogP contribution in [0.3, 0.4) is 0 Å². The van der Waals surface area contributed by atoms with Crippen LogP contribution in [0.25, 0.3) is 11.3 Å². The van der Waals surface area contributed by atoms with Crippen molar-refractivity contribution in [2.24, 2.45) is 7.05 Å². The molecule has 3 N–H and O–H groups in total. The first-order valence-corrected chi connectivity index (χ1v) is 12.1. The zero-order chi connectivity index (χ0) is 25.1. The van der Waals surface area contributed by atoms with Gasteiger partial charge < -0.3 is 5.73 Å². The Bertz CT molecular complexity index is 1530. The third-order valence-corrected chi connectivity index (χ3v) is 7.38. The second-order valence-electron chi connectivity index (χ2n) is 8.35. The topological polar surface area (TPSA) is 163 Å². The fraction of sp³-hybridized carbons (Fsp3) is 0.286. The first-order chi connectivity index (χ1) is 16.6. The number of carbonyl (C=O) groups is 1. The standard InChI is InChI=1S/C21H20FN9O3S/c1-11-3-5-14-20(24)25-9-15(26-14)19-16(27-29(2)18(19)8-23)10-30-21(32)28-35(33,34)31(30)17-6-4-12(22)7-13(11)17/h4,6-7,9,11H,3,5,10H2,1-2H3,(H2,24,25)(H,28,32)/t11-/m0/s1. The maximum atomic E-state index is 14.3. The molecule has 2 bridgehead atoms. The van der Waals surface area contributed by atoms with Crippen molar-refractivity contribution in [2.75, 3.05) is 10.1 Å². The number of hydrazine groups is 1. The zero-order valence-electron chi connectivity index (χ0n) is 18.7. The number of nitrogens with zero attached hydrogens (tertiary/aromatic N) is 7. The molecule has 2 amide bonds. The number of hydrogen-bond acceptors (Lipinski definition) is 8. The summed E-state index contributed by atoms with van der Waals surface area (Å²) in [6.07, 6.45) is 2.19. The van der Waals surface area contributed by atoms with Crippen molar-refractivity contribution in [1.29, 1.82) is 5.26 Å². The maximum absolute atomic E-state index is 14.3. The van der Waals surface area contributed by atoms with Gasteiger partial charge in [-0.1, -0.05) is 6.92 Å². The molecular formula is C21H20FN9O3S. The number of hydrogen-bond donors (Lipinski definition) is 2. The molecule has 4 heterocycles. The number of fused-ring (bicyclic) bond motifs is 7. The molecule has 1 saturated heterocycles. The first-order valence-electron chi connectivity index (χ1n) is 10.6. The average molecular weight is 498 g/mol. The van der Waals surface area contributed by atoms with E-state index in [9.17, 15) is 22.9 Å². The van der Waals surface area contributed by atoms with Gasteiger partial charge in [0.15, 0.2) is 0 Å². The summed E-state index contributed by atoms with van der Waals surface area (Å²) in [5.74, 6) is -0.671. The van der Waals surface area contributed by atoms with Crippen molar-refractivity contribution in [1.82, 2.24) is 29.5 Å². The zero-order valence-corrected chi connectivity index (χ0v) is 19.5. The lowest BCUT2D eigenvalue weighted by molar-refractivity contribution is 0.210. The molecule has 5 rings (SSSR count). The molecule has 180 valence electrons. The van der Waals surface area contributed by atoms with Crippen LogP contribution in [0.5, 0.6) is 0 Å². The monoisotopic (exact) mass is 497 g/mol. The average Bonchev–Trinajstić information content (AvgIpc) is 3.23. The Hall–Kier alpha value is -4.25. The fourth-order valence-corrected chi connectivity index (χ4v) is 5.62. The van der Waals surface area contributed by atoms with Crippen molar-refractivity contribution in [3.05, 3.63) is 52.9 Å². The van der Waals surface area contributed by atoms with Gasteiger partial charge in [0, 0.05) is 7.05 Å². The Kier molecular flexibility index (Phi) is 5.09. The molecule has 14 heteroatoms. The summed E-state index contributed by atoms with van der Waals surface area (Å²) in [6, 6.07) is 4.86. The van der Waals surface area contributed by atoms with Gasteiger partial charge in [-0.2, -0.15) is 23.2 Å². The van der Waals surface area contributed by atoms with Crippen molar-refractivity contribution in [3.8, 4) is 17.3 Å². The van der Waals surface area contributed by atoms with Gasteiger partial charge in [-0.25, -0.2) is 28.9 Å². The SMILES string of the molecule is C[C@H]1CCc2nc(cnc2N)-c2c(nn(C)c2C#N)CN2C(=O)NS(=O)(=O)N2c2ccc(F)cc21. The summed E-state index contributed by atoms with van der Waals surface area (Å²) in [7, 11) is -2.78. The molecule has 0 aliphatic carbocycles. The summed E-state index contributed by atoms with van der Waals surface area (Å²) >= 11 is 0. The van der Waals surface area contributed by atoms with Crippen molar-refractivity contribution in [3.63, 3.8) is 0 Å². The lowest BCUT2D eigenvalue weighted by Crippen LogP contribution is -2.41. The maximum Gasteiger partial charge on any atom is 0.352 e. The Labute approximate surface area is 199 Å². The van der Waals surface area contributed by atoms with Crippen LogP contribution in [-0.4, -0.2) is 39.2 Å². The van der Waals surface area contributed by atoms with E-state index >= 15 is 0 Å². The van der Waals surface area contributed by atoms with E-state index in [-0.39, 0.29) is 35.4 Å². The summed E-state index contributed by atoms with van der Waals surface area (Å²) in [5, 5.41) is 15.1. The number of benzene rings is 1. The smallest absolute Gasteiger partial charge is 0.352 e. The van der Waals surface area contributed by atoms with Gasteiger partial charge in [0.2, 0.25) is 0 Å². The number of rotatable bonds is 0. The highest BCUT2D eigenvalue weighted by molar-refractivity contribution is 7.91. The minimum absolute atomic E-state index is 0.125. The summed E-state index contributed by atoms with van der Waals surface area (Å²) in [6.45, 7) is 1.50. The van der Waals surface area contributed by atoms with Crippen LogP contribution in [-0.2, 0) is 30.2 Å². The largest absolute Gasteiger partial charge is 0.382 e. The Morgan fingerprint density at radius 3 is 2.83 bits per heavy atom. The normalized spacial score (nSPS) is 18.8. The highest BCUT2D eigenvalue weighted by Crippen LogP contribution is 2.37. The van der Waals surface area contributed by atoms with E-state index in [0.717, 1.165) is 15.5 Å². The number of halogens is 1. The molecule has 0 saturated carbocycles. The molecule has 1 fully saturated rings. The van der Waals surface area contributed by atoms with E-state index < -0.39 is 22.1 Å². The third kappa shape index (κ3) is 3.60. The quantitative estimate of drug-likeness (QED) is 0.474. The fourth-order valence-electron chi connectivity index (χ4n) is 4.39. The van der Waals surface area contributed by atoms with Crippen LogP contribution in [0.4, 0.5) is 20.7 Å². The van der Waals surface area contributed by atoms with E-state index in [4.69, 9.17) is 5.73 Å². The van der Waals surface area contributed by atoms with Crippen molar-refractivity contribution >= 4 is 27.7 Å². The second-order valence-corrected chi connectivity index (χ2v) is 9.85. The van der Waals surface area contributed by atoms with Crippen LogP contribution < -0.4 is 14.9 Å². The molecular weight excluding hydrogens is 477 g/mol. The molecule has 0 radical (unpaired) electrons. The van der Waals surface area contributed by atoms with Crippen molar-refractivity contribution < 1.29 is 17.6 Å². The van der Waals surface area contributed by atoms with Crippen LogP contribution >= 0.6 is 0 Å². The summed E-state index contributed by atoms with van der Waals surface area (Å²) in [4.78, 5) is 21.7.